The van der Waals surface area contributed by atoms with E-state index in [1.54, 1.807) is 42.5 Å². The lowest BCUT2D eigenvalue weighted by Crippen LogP contribution is -2.45. The third-order valence-electron chi connectivity index (χ3n) is 4.08. The van der Waals surface area contributed by atoms with Crippen LogP contribution in [0.1, 0.15) is 36.7 Å². The van der Waals surface area contributed by atoms with E-state index in [-0.39, 0.29) is 12.3 Å². The third kappa shape index (κ3) is 4.53. The topological polar surface area (TPSA) is 75.3 Å². The number of hydrogen-bond donors (Lipinski definition) is 2. The van der Waals surface area contributed by atoms with Gasteiger partial charge in [0.1, 0.15) is 11.2 Å². The third-order valence-corrected chi connectivity index (χ3v) is 4.08. The van der Waals surface area contributed by atoms with E-state index in [1.807, 2.05) is 0 Å². The Kier molecular flexibility index (Phi) is 5.87. The zero-order valence-corrected chi connectivity index (χ0v) is 14.9. The molecule has 136 valence electrons. The molecule has 6 heteroatoms. The first-order chi connectivity index (χ1) is 12.2. The number of hydrogen-bond acceptors (Lipinski definition) is 3. The Morgan fingerprint density at radius 1 is 0.962 bits per heavy atom. The lowest BCUT2D eigenvalue weighted by atomic mass is 9.90. The molecule has 0 heterocycles. The van der Waals surface area contributed by atoms with E-state index >= 15 is 0 Å². The number of carbonyl (C=O) groups excluding carboxylic acids is 3. The number of halogens is 1. The zero-order chi connectivity index (χ0) is 19.3. The van der Waals surface area contributed by atoms with Gasteiger partial charge in [0, 0.05) is 23.4 Å². The average Bonchev–Trinajstić information content (AvgIpc) is 2.61. The first-order valence-corrected chi connectivity index (χ1v) is 8.16. The second kappa shape index (κ2) is 7.91. The maximum Gasteiger partial charge on any atom is 0.239 e. The molecule has 0 fully saturated rings. The Labute approximate surface area is 151 Å². The molecule has 0 saturated heterocycles. The van der Waals surface area contributed by atoms with Crippen LogP contribution in [0.3, 0.4) is 0 Å². The molecule has 0 radical (unpaired) electrons. The highest BCUT2D eigenvalue weighted by molar-refractivity contribution is 6.10. The molecule has 0 unspecified atom stereocenters. The van der Waals surface area contributed by atoms with Crippen molar-refractivity contribution in [1.29, 1.82) is 0 Å². The molecule has 2 aromatic rings. The van der Waals surface area contributed by atoms with Crippen LogP contribution < -0.4 is 10.6 Å². The van der Waals surface area contributed by atoms with Crippen molar-refractivity contribution in [3.8, 4) is 0 Å². The van der Waals surface area contributed by atoms with Crippen LogP contribution in [-0.2, 0) is 16.1 Å². The summed E-state index contributed by atoms with van der Waals surface area (Å²) in [6.07, 6.45) is 0. The molecule has 0 aliphatic heterocycles. The van der Waals surface area contributed by atoms with Gasteiger partial charge < -0.3 is 10.6 Å². The molecule has 26 heavy (non-hydrogen) atoms. The van der Waals surface area contributed by atoms with Gasteiger partial charge in [-0.05, 0) is 51.1 Å². The monoisotopic (exact) mass is 356 g/mol. The van der Waals surface area contributed by atoms with Gasteiger partial charge in [0.25, 0.3) is 0 Å². The molecule has 5 nitrogen and oxygen atoms in total. The van der Waals surface area contributed by atoms with E-state index in [1.165, 1.54) is 26.8 Å². The second-order valence-electron chi connectivity index (χ2n) is 6.49. The van der Waals surface area contributed by atoms with Crippen molar-refractivity contribution in [2.24, 2.45) is 5.41 Å². The van der Waals surface area contributed by atoms with Gasteiger partial charge in [-0.1, -0.05) is 18.2 Å². The average molecular weight is 356 g/mol. The zero-order valence-electron chi connectivity index (χ0n) is 14.9. The van der Waals surface area contributed by atoms with Crippen molar-refractivity contribution < 1.29 is 18.8 Å². The molecular weight excluding hydrogens is 335 g/mol. The number of anilines is 1. The number of amides is 2. The van der Waals surface area contributed by atoms with E-state index in [4.69, 9.17) is 0 Å². The Morgan fingerprint density at radius 2 is 1.58 bits per heavy atom. The van der Waals surface area contributed by atoms with Crippen molar-refractivity contribution in [3.63, 3.8) is 0 Å². The maximum absolute atomic E-state index is 13.6. The number of nitrogens with one attached hydrogen (secondary N) is 2. The fourth-order valence-corrected chi connectivity index (χ4v) is 2.22. The summed E-state index contributed by atoms with van der Waals surface area (Å²) in [6.45, 7) is 4.43. The van der Waals surface area contributed by atoms with Gasteiger partial charge in [-0.2, -0.15) is 0 Å². The fourth-order valence-electron chi connectivity index (χ4n) is 2.22. The van der Waals surface area contributed by atoms with Gasteiger partial charge in [0.05, 0.1) is 0 Å². The summed E-state index contributed by atoms with van der Waals surface area (Å²) in [4.78, 5) is 36.1. The van der Waals surface area contributed by atoms with Crippen molar-refractivity contribution in [2.75, 3.05) is 5.32 Å². The van der Waals surface area contributed by atoms with Crippen LogP contribution in [0, 0.1) is 11.2 Å². The van der Waals surface area contributed by atoms with Crippen LogP contribution in [0.5, 0.6) is 0 Å². The Hall–Kier alpha value is -3.02. The molecule has 0 bridgehead atoms. The first-order valence-electron chi connectivity index (χ1n) is 8.16. The van der Waals surface area contributed by atoms with Gasteiger partial charge in [-0.15, -0.1) is 0 Å². The first kappa shape index (κ1) is 19.3. The second-order valence-corrected chi connectivity index (χ2v) is 6.49. The van der Waals surface area contributed by atoms with E-state index in [9.17, 15) is 18.8 Å². The predicted molar refractivity (Wildman–Crippen MR) is 97.1 cm³/mol. The minimum atomic E-state index is -1.36. The molecule has 2 rings (SSSR count). The van der Waals surface area contributed by atoms with E-state index in [2.05, 4.69) is 10.6 Å². The lowest BCUT2D eigenvalue weighted by molar-refractivity contribution is -0.138. The largest absolute Gasteiger partial charge is 0.351 e. The molecule has 0 spiro atoms. The van der Waals surface area contributed by atoms with Gasteiger partial charge in [0.15, 0.2) is 5.78 Å². The van der Waals surface area contributed by atoms with Crippen LogP contribution in [0.15, 0.2) is 48.5 Å². The van der Waals surface area contributed by atoms with E-state index in [0.717, 1.165) is 0 Å². The summed E-state index contributed by atoms with van der Waals surface area (Å²) in [6, 6.07) is 12.5. The standard InChI is InChI=1S/C20H21FN2O3/c1-13(24)14-8-10-16(11-9-14)23-19(26)20(2,3)18(25)22-12-15-6-4-5-7-17(15)21/h4-11H,12H2,1-3H3,(H,22,25)(H,23,26). The summed E-state index contributed by atoms with van der Waals surface area (Å²) in [7, 11) is 0. The van der Waals surface area contributed by atoms with Crippen LogP contribution in [0.4, 0.5) is 10.1 Å². The molecule has 0 aromatic heterocycles. The normalized spacial score (nSPS) is 10.9. The smallest absolute Gasteiger partial charge is 0.239 e. The van der Waals surface area contributed by atoms with Crippen molar-refractivity contribution in [3.05, 3.63) is 65.5 Å². The summed E-state index contributed by atoms with van der Waals surface area (Å²) in [5, 5.41) is 5.24. The van der Waals surface area contributed by atoms with E-state index in [0.29, 0.717) is 16.8 Å². The summed E-state index contributed by atoms with van der Waals surface area (Å²) >= 11 is 0. The van der Waals surface area contributed by atoms with Gasteiger partial charge >= 0.3 is 0 Å². The van der Waals surface area contributed by atoms with Crippen molar-refractivity contribution in [2.45, 2.75) is 27.3 Å². The molecule has 0 aliphatic rings. The van der Waals surface area contributed by atoms with Crippen molar-refractivity contribution in [1.82, 2.24) is 5.32 Å². The highest BCUT2D eigenvalue weighted by Gasteiger charge is 2.36. The minimum absolute atomic E-state index is 0.00444. The van der Waals surface area contributed by atoms with Crippen LogP contribution in [0.2, 0.25) is 0 Å². The van der Waals surface area contributed by atoms with Crippen LogP contribution in [-0.4, -0.2) is 17.6 Å². The summed E-state index contributed by atoms with van der Waals surface area (Å²) in [5.74, 6) is -1.51. The Balaban J connectivity index is 2.00. The SMILES string of the molecule is CC(=O)c1ccc(NC(=O)C(C)(C)C(=O)NCc2ccccc2F)cc1. The quantitative estimate of drug-likeness (QED) is 0.616. The number of carbonyl (C=O) groups is 3. The molecule has 0 atom stereocenters. The van der Waals surface area contributed by atoms with Gasteiger partial charge in [-0.3, -0.25) is 14.4 Å². The number of rotatable bonds is 6. The highest BCUT2D eigenvalue weighted by atomic mass is 19.1. The molecular formula is C20H21FN2O3. The molecule has 0 aliphatic carbocycles. The fraction of sp³-hybridized carbons (Fsp3) is 0.250. The molecule has 2 N–H and O–H groups in total. The molecule has 2 aromatic carbocycles. The Bertz CT molecular complexity index is 829. The van der Waals surface area contributed by atoms with Crippen LogP contribution in [0.25, 0.3) is 0 Å². The lowest BCUT2D eigenvalue weighted by Gasteiger charge is -2.23. The Morgan fingerprint density at radius 3 is 2.15 bits per heavy atom. The summed E-state index contributed by atoms with van der Waals surface area (Å²) < 4.78 is 13.6. The van der Waals surface area contributed by atoms with Crippen LogP contribution >= 0.6 is 0 Å². The minimum Gasteiger partial charge on any atom is -0.351 e. The predicted octanol–water partition coefficient (Wildman–Crippen LogP) is 3.31. The molecule has 0 saturated carbocycles. The maximum atomic E-state index is 13.6. The van der Waals surface area contributed by atoms with Gasteiger partial charge in [0.2, 0.25) is 11.8 Å². The summed E-state index contributed by atoms with van der Waals surface area (Å²) in [5.41, 5.74) is 0.00146. The number of Topliss-reactive ketones (excluding diaryl/α,β-unsaturated/α-hetero) is 1. The van der Waals surface area contributed by atoms with Crippen molar-refractivity contribution >= 4 is 23.3 Å². The van der Waals surface area contributed by atoms with E-state index < -0.39 is 23.0 Å². The highest BCUT2D eigenvalue weighted by Crippen LogP contribution is 2.20. The number of ketones is 1. The van der Waals surface area contributed by atoms with Gasteiger partial charge in [-0.25, -0.2) is 4.39 Å². The number of benzene rings is 2. The molecule has 2 amide bonds.